The van der Waals surface area contributed by atoms with Gasteiger partial charge in [0, 0.05) is 37.3 Å². The van der Waals surface area contributed by atoms with Gasteiger partial charge in [-0.15, -0.1) is 0 Å². The van der Waals surface area contributed by atoms with Crippen LogP contribution >= 0.6 is 11.6 Å². The van der Waals surface area contributed by atoms with Gasteiger partial charge >= 0.3 is 5.97 Å². The largest absolute Gasteiger partial charge is 0.464 e. The summed E-state index contributed by atoms with van der Waals surface area (Å²) in [7, 11) is 1.28. The molecular weight excluding hydrogens is 442 g/mol. The molecule has 1 aliphatic rings. The van der Waals surface area contributed by atoms with E-state index >= 15 is 0 Å². The van der Waals surface area contributed by atoms with Crippen molar-refractivity contribution in [3.05, 3.63) is 71.0 Å². The number of anilines is 2. The van der Waals surface area contributed by atoms with E-state index < -0.39 is 11.9 Å². The number of benzene rings is 2. The number of hydrogen-bond acceptors (Lipinski definition) is 6. The summed E-state index contributed by atoms with van der Waals surface area (Å²) in [5, 5.41) is 7.80. The Morgan fingerprint density at radius 1 is 1.06 bits per heavy atom. The molecule has 2 aromatic carbocycles. The zero-order valence-electron chi connectivity index (χ0n) is 18.6. The maximum absolute atomic E-state index is 13.4. The second kappa shape index (κ2) is 10.1. The van der Waals surface area contributed by atoms with Crippen molar-refractivity contribution in [1.29, 1.82) is 0 Å². The monoisotopic (exact) mass is 467 g/mol. The number of para-hydroxylation sites is 1. The van der Waals surface area contributed by atoms with E-state index in [0.29, 0.717) is 16.4 Å². The van der Waals surface area contributed by atoms with E-state index in [0.717, 1.165) is 38.4 Å². The number of nitrogens with zero attached hydrogens (tertiary/aromatic N) is 4. The van der Waals surface area contributed by atoms with E-state index in [1.54, 1.807) is 6.07 Å². The molecule has 0 spiro atoms. The summed E-state index contributed by atoms with van der Waals surface area (Å²) < 4.78 is 6.23. The number of amides is 1. The molecule has 0 unspecified atom stereocenters. The first-order valence-electron chi connectivity index (χ1n) is 10.8. The first-order chi connectivity index (χ1) is 16.0. The van der Waals surface area contributed by atoms with Crippen LogP contribution in [-0.2, 0) is 4.74 Å². The molecule has 1 aromatic heterocycles. The molecule has 3 aromatic rings. The number of ether oxygens (including phenoxy) is 1. The predicted octanol–water partition coefficient (Wildman–Crippen LogP) is 3.71. The second-order valence-corrected chi connectivity index (χ2v) is 8.13. The van der Waals surface area contributed by atoms with Gasteiger partial charge in [-0.05, 0) is 36.9 Å². The highest BCUT2D eigenvalue weighted by atomic mass is 35.5. The molecule has 9 heteroatoms. The Hall–Kier alpha value is -3.36. The van der Waals surface area contributed by atoms with Gasteiger partial charge in [0.1, 0.15) is 5.69 Å². The zero-order valence-corrected chi connectivity index (χ0v) is 19.4. The van der Waals surface area contributed by atoms with Crippen LogP contribution < -0.4 is 10.2 Å². The van der Waals surface area contributed by atoms with Crippen LogP contribution in [0.15, 0.2) is 54.6 Å². The van der Waals surface area contributed by atoms with Gasteiger partial charge in [-0.1, -0.05) is 36.7 Å². The van der Waals surface area contributed by atoms with Crippen LogP contribution in [0.4, 0.5) is 11.4 Å². The third-order valence-corrected chi connectivity index (χ3v) is 5.94. The third kappa shape index (κ3) is 5.02. The van der Waals surface area contributed by atoms with Gasteiger partial charge in [0.05, 0.1) is 24.2 Å². The average molecular weight is 468 g/mol. The number of methoxy groups -OCH3 is 1. The van der Waals surface area contributed by atoms with E-state index in [1.807, 2.05) is 42.5 Å². The molecule has 1 N–H and O–H groups in total. The summed E-state index contributed by atoms with van der Waals surface area (Å²) in [6.07, 6.45) is 0. The molecular formula is C24H26ClN5O3. The highest BCUT2D eigenvalue weighted by Gasteiger charge is 2.23. The van der Waals surface area contributed by atoms with Gasteiger partial charge < -0.3 is 19.9 Å². The van der Waals surface area contributed by atoms with Crippen LogP contribution in [-0.4, -0.2) is 66.4 Å². The predicted molar refractivity (Wildman–Crippen MR) is 129 cm³/mol. The third-order valence-electron chi connectivity index (χ3n) is 5.70. The SMILES string of the molecule is CCN1CCN(c2ccc(Cl)cc2NC(=O)c2cc(C(=O)OC)nn2-c2ccccc2)CC1. The van der Waals surface area contributed by atoms with Crippen LogP contribution in [0.2, 0.25) is 5.02 Å². The summed E-state index contributed by atoms with van der Waals surface area (Å²) in [4.78, 5) is 30.1. The molecule has 0 aliphatic carbocycles. The molecule has 1 saturated heterocycles. The Morgan fingerprint density at radius 2 is 1.79 bits per heavy atom. The summed E-state index contributed by atoms with van der Waals surface area (Å²) >= 11 is 6.27. The number of likely N-dealkylation sites (N-methyl/N-ethyl adjacent to an activating group) is 1. The smallest absolute Gasteiger partial charge is 0.358 e. The molecule has 33 heavy (non-hydrogen) atoms. The molecule has 4 rings (SSSR count). The van der Waals surface area contributed by atoms with Gasteiger partial charge in [0.25, 0.3) is 5.91 Å². The fourth-order valence-electron chi connectivity index (χ4n) is 3.89. The standard InChI is InChI=1S/C24H26ClN5O3/c1-3-28-11-13-29(14-12-28)21-10-9-17(25)15-19(21)26-23(31)22-16-20(24(32)33-2)27-30(22)18-7-5-4-6-8-18/h4-10,15-16H,3,11-14H2,1-2H3,(H,26,31). The van der Waals surface area contributed by atoms with Crippen LogP contribution in [0.25, 0.3) is 5.69 Å². The zero-order chi connectivity index (χ0) is 23.4. The number of aromatic nitrogens is 2. The van der Waals surface area contributed by atoms with Crippen LogP contribution in [0.1, 0.15) is 27.9 Å². The maximum Gasteiger partial charge on any atom is 0.358 e. The minimum atomic E-state index is -0.615. The molecule has 0 atom stereocenters. The van der Waals surface area contributed by atoms with Crippen molar-refractivity contribution < 1.29 is 14.3 Å². The Morgan fingerprint density at radius 3 is 2.45 bits per heavy atom. The van der Waals surface area contributed by atoms with Crippen molar-refractivity contribution in [3.8, 4) is 5.69 Å². The normalized spacial score (nSPS) is 14.2. The molecule has 172 valence electrons. The van der Waals surface area contributed by atoms with Crippen molar-refractivity contribution in [2.45, 2.75) is 6.92 Å². The Bertz CT molecular complexity index is 1140. The number of esters is 1. The Kier molecular flexibility index (Phi) is 6.96. The lowest BCUT2D eigenvalue weighted by atomic mass is 10.2. The highest BCUT2D eigenvalue weighted by Crippen LogP contribution is 2.31. The maximum atomic E-state index is 13.4. The van der Waals surface area contributed by atoms with E-state index in [-0.39, 0.29) is 11.4 Å². The average Bonchev–Trinajstić information content (AvgIpc) is 3.30. The minimum Gasteiger partial charge on any atom is -0.464 e. The number of piperazine rings is 1. The Balaban J connectivity index is 1.66. The van der Waals surface area contributed by atoms with Crippen molar-refractivity contribution in [2.24, 2.45) is 0 Å². The van der Waals surface area contributed by atoms with Crippen molar-refractivity contribution >= 4 is 34.9 Å². The summed E-state index contributed by atoms with van der Waals surface area (Å²) in [5.41, 5.74) is 2.43. The van der Waals surface area contributed by atoms with Crippen LogP contribution in [0.3, 0.4) is 0 Å². The van der Waals surface area contributed by atoms with Crippen LogP contribution in [0.5, 0.6) is 0 Å². The molecule has 1 fully saturated rings. The molecule has 0 saturated carbocycles. The van der Waals surface area contributed by atoms with Gasteiger partial charge in [0.2, 0.25) is 0 Å². The number of hydrogen-bond donors (Lipinski definition) is 1. The molecule has 1 amide bonds. The van der Waals surface area contributed by atoms with Gasteiger partial charge in [-0.2, -0.15) is 5.10 Å². The number of carbonyl (C=O) groups is 2. The summed E-state index contributed by atoms with van der Waals surface area (Å²) in [6.45, 7) is 6.79. The first-order valence-corrected chi connectivity index (χ1v) is 11.2. The van der Waals surface area contributed by atoms with Gasteiger partial charge in [-0.25, -0.2) is 9.48 Å². The van der Waals surface area contributed by atoms with E-state index in [4.69, 9.17) is 16.3 Å². The molecule has 0 bridgehead atoms. The van der Waals surface area contributed by atoms with E-state index in [9.17, 15) is 9.59 Å². The lowest BCUT2D eigenvalue weighted by Crippen LogP contribution is -2.46. The van der Waals surface area contributed by atoms with E-state index in [2.05, 4.69) is 27.1 Å². The van der Waals surface area contributed by atoms with Gasteiger partial charge in [0.15, 0.2) is 5.69 Å². The topological polar surface area (TPSA) is 79.7 Å². The molecule has 8 nitrogen and oxygen atoms in total. The van der Waals surface area contributed by atoms with Crippen molar-refractivity contribution in [3.63, 3.8) is 0 Å². The summed E-state index contributed by atoms with van der Waals surface area (Å²) in [5.74, 6) is -1.02. The fourth-order valence-corrected chi connectivity index (χ4v) is 4.06. The van der Waals surface area contributed by atoms with E-state index in [1.165, 1.54) is 17.9 Å². The molecule has 1 aliphatic heterocycles. The van der Waals surface area contributed by atoms with Crippen molar-refractivity contribution in [2.75, 3.05) is 50.1 Å². The summed E-state index contributed by atoms with van der Waals surface area (Å²) in [6, 6.07) is 16.1. The van der Waals surface area contributed by atoms with Crippen LogP contribution in [0, 0.1) is 0 Å². The number of carbonyl (C=O) groups excluding carboxylic acids is 2. The fraction of sp³-hybridized carbons (Fsp3) is 0.292. The minimum absolute atomic E-state index is 0.0495. The second-order valence-electron chi connectivity index (χ2n) is 7.69. The lowest BCUT2D eigenvalue weighted by Gasteiger charge is -2.36. The quantitative estimate of drug-likeness (QED) is 0.557. The number of halogens is 1. The number of rotatable bonds is 6. The highest BCUT2D eigenvalue weighted by molar-refractivity contribution is 6.31. The number of nitrogens with one attached hydrogen (secondary N) is 1. The van der Waals surface area contributed by atoms with Crippen molar-refractivity contribution in [1.82, 2.24) is 14.7 Å². The molecule has 0 radical (unpaired) electrons. The first kappa shape index (κ1) is 22.8. The Labute approximate surface area is 197 Å². The lowest BCUT2D eigenvalue weighted by molar-refractivity contribution is 0.0593. The molecule has 2 heterocycles. The van der Waals surface area contributed by atoms with Gasteiger partial charge in [-0.3, -0.25) is 4.79 Å².